The lowest BCUT2D eigenvalue weighted by molar-refractivity contribution is 0.990. The van der Waals surface area contributed by atoms with E-state index in [4.69, 9.17) is 5.73 Å². The highest BCUT2D eigenvalue weighted by atomic mass is 15.1. The van der Waals surface area contributed by atoms with Gasteiger partial charge in [0.25, 0.3) is 0 Å². The maximum absolute atomic E-state index is 5.87. The molecule has 0 unspecified atom stereocenters. The first-order valence-electron chi connectivity index (χ1n) is 10.4. The third-order valence-electron chi connectivity index (χ3n) is 5.55. The molecule has 0 aliphatic carbocycles. The predicted octanol–water partition coefficient (Wildman–Crippen LogP) is 4.28. The van der Waals surface area contributed by atoms with Gasteiger partial charge in [-0.3, -0.25) is 0 Å². The lowest BCUT2D eigenvalue weighted by atomic mass is 10.1. The summed E-state index contributed by atoms with van der Waals surface area (Å²) in [5.41, 5.74) is 13.8. The maximum Gasteiger partial charge on any atom is 0.221 e. The molecule has 3 heterocycles. The Morgan fingerprint density at radius 3 is 2.81 bits per heavy atom. The zero-order valence-electron chi connectivity index (χ0n) is 17.7. The summed E-state index contributed by atoms with van der Waals surface area (Å²) in [7, 11) is 0. The summed E-state index contributed by atoms with van der Waals surface area (Å²) in [5.74, 6) is 1.97. The van der Waals surface area contributed by atoms with Gasteiger partial charge in [-0.25, -0.2) is 9.97 Å². The van der Waals surface area contributed by atoms with Crippen molar-refractivity contribution < 1.29 is 0 Å². The lowest BCUT2D eigenvalue weighted by Crippen LogP contribution is -2.11. The number of imidazole rings is 1. The minimum absolute atomic E-state index is 0.272. The van der Waals surface area contributed by atoms with Crippen LogP contribution in [0.15, 0.2) is 48.8 Å². The van der Waals surface area contributed by atoms with Crippen molar-refractivity contribution >= 4 is 33.7 Å². The topological polar surface area (TPSA) is 108 Å². The Morgan fingerprint density at radius 2 is 1.90 bits per heavy atom. The Kier molecular flexibility index (Phi) is 4.78. The average molecular weight is 412 g/mol. The van der Waals surface area contributed by atoms with E-state index in [9.17, 15) is 0 Å². The number of H-pyrrole nitrogens is 2. The van der Waals surface area contributed by atoms with Crippen molar-refractivity contribution in [1.82, 2.24) is 24.9 Å². The Hall–Kier alpha value is -3.87. The number of hydrogen-bond acceptors (Lipinski definition) is 5. The second-order valence-corrected chi connectivity index (χ2v) is 7.99. The molecule has 5 rings (SSSR count). The first-order chi connectivity index (χ1) is 15.0. The van der Waals surface area contributed by atoms with Gasteiger partial charge in [0.15, 0.2) is 0 Å². The van der Waals surface area contributed by atoms with Gasteiger partial charge in [-0.1, -0.05) is 17.7 Å². The van der Waals surface area contributed by atoms with E-state index in [-0.39, 0.29) is 5.95 Å². The highest BCUT2D eigenvalue weighted by Gasteiger charge is 2.10. The van der Waals surface area contributed by atoms with Crippen LogP contribution < -0.4 is 11.1 Å². The number of rotatable bonds is 6. The van der Waals surface area contributed by atoms with Crippen molar-refractivity contribution in [3.63, 3.8) is 0 Å². The molecule has 0 amide bonds. The van der Waals surface area contributed by atoms with Crippen LogP contribution in [0.3, 0.4) is 0 Å². The number of aryl methyl sites for hydroxylation is 2. The zero-order chi connectivity index (χ0) is 21.4. The number of benzene rings is 2. The van der Waals surface area contributed by atoms with Crippen LogP contribution in [0.2, 0.25) is 0 Å². The first kappa shape index (κ1) is 19.1. The van der Waals surface area contributed by atoms with Crippen molar-refractivity contribution in [2.24, 2.45) is 0 Å². The molecule has 0 fully saturated rings. The SMILES string of the molecule is Cc1ccc2[nH]cc(CCNc3nc(N)ncc3Cc3ccc4nc(C)[nH]c4c3)c2c1. The molecule has 0 saturated heterocycles. The highest BCUT2D eigenvalue weighted by Crippen LogP contribution is 2.22. The molecular weight excluding hydrogens is 386 g/mol. The van der Waals surface area contributed by atoms with E-state index in [0.29, 0.717) is 6.42 Å². The summed E-state index contributed by atoms with van der Waals surface area (Å²) in [4.78, 5) is 19.8. The molecule has 0 atom stereocenters. The molecule has 0 saturated carbocycles. The van der Waals surface area contributed by atoms with Gasteiger partial charge in [0.1, 0.15) is 11.6 Å². The van der Waals surface area contributed by atoms with Crippen LogP contribution in [-0.2, 0) is 12.8 Å². The van der Waals surface area contributed by atoms with Crippen molar-refractivity contribution in [2.75, 3.05) is 17.6 Å². The molecule has 2 aromatic carbocycles. The van der Waals surface area contributed by atoms with Crippen LogP contribution in [0, 0.1) is 13.8 Å². The van der Waals surface area contributed by atoms with Crippen molar-refractivity contribution in [3.05, 3.63) is 76.9 Å². The summed E-state index contributed by atoms with van der Waals surface area (Å²) in [6.45, 7) is 4.83. The molecule has 31 heavy (non-hydrogen) atoms. The third-order valence-corrected chi connectivity index (χ3v) is 5.55. The van der Waals surface area contributed by atoms with Crippen molar-refractivity contribution in [1.29, 1.82) is 0 Å². The molecule has 0 bridgehead atoms. The van der Waals surface area contributed by atoms with Gasteiger partial charge in [-0.05, 0) is 55.7 Å². The minimum atomic E-state index is 0.272. The second kappa shape index (κ2) is 7.75. The average Bonchev–Trinajstić information content (AvgIpc) is 3.31. The van der Waals surface area contributed by atoms with E-state index in [1.807, 2.05) is 19.2 Å². The van der Waals surface area contributed by atoms with Crippen molar-refractivity contribution in [2.45, 2.75) is 26.7 Å². The molecule has 7 nitrogen and oxygen atoms in total. The van der Waals surface area contributed by atoms with Crippen LogP contribution in [0.5, 0.6) is 0 Å². The molecule has 0 radical (unpaired) electrons. The van der Waals surface area contributed by atoms with Gasteiger partial charge in [-0.15, -0.1) is 0 Å². The molecule has 156 valence electrons. The van der Waals surface area contributed by atoms with Crippen LogP contribution in [0.1, 0.15) is 28.1 Å². The second-order valence-electron chi connectivity index (χ2n) is 7.99. The van der Waals surface area contributed by atoms with Gasteiger partial charge in [-0.2, -0.15) is 4.98 Å². The lowest BCUT2D eigenvalue weighted by Gasteiger charge is -2.11. The number of nitrogens with one attached hydrogen (secondary N) is 3. The number of nitrogens with two attached hydrogens (primary N) is 1. The third kappa shape index (κ3) is 3.94. The monoisotopic (exact) mass is 411 g/mol. The number of nitrogens with zero attached hydrogens (tertiary/aromatic N) is 3. The van der Waals surface area contributed by atoms with E-state index in [1.165, 1.54) is 22.1 Å². The Bertz CT molecular complexity index is 1380. The maximum atomic E-state index is 5.87. The largest absolute Gasteiger partial charge is 0.369 e. The number of nitrogen functional groups attached to an aromatic ring is 1. The van der Waals surface area contributed by atoms with E-state index in [2.05, 4.69) is 73.7 Å². The minimum Gasteiger partial charge on any atom is -0.369 e. The predicted molar refractivity (Wildman–Crippen MR) is 125 cm³/mol. The standard InChI is InChI=1S/C24H25N7/c1-14-3-5-20-19(9-14)17(12-27-20)7-8-26-23-18(13-28-24(25)31-23)10-16-4-6-21-22(11-16)30-15(2)29-21/h3-6,9,11-13,27H,7-8,10H2,1-2H3,(H,29,30)(H3,25,26,28,31). The Balaban J connectivity index is 1.34. The van der Waals surface area contributed by atoms with Crippen LogP contribution in [0.25, 0.3) is 21.9 Å². The van der Waals surface area contributed by atoms with Crippen LogP contribution in [0.4, 0.5) is 11.8 Å². The summed E-state index contributed by atoms with van der Waals surface area (Å²) in [6.07, 6.45) is 5.49. The Morgan fingerprint density at radius 1 is 1.00 bits per heavy atom. The molecular formula is C24H25N7. The summed E-state index contributed by atoms with van der Waals surface area (Å²) in [5, 5.41) is 4.74. The first-order valence-corrected chi connectivity index (χ1v) is 10.4. The van der Waals surface area contributed by atoms with Crippen molar-refractivity contribution in [3.8, 4) is 0 Å². The van der Waals surface area contributed by atoms with E-state index < -0.39 is 0 Å². The number of aromatic amines is 2. The molecule has 3 aromatic heterocycles. The van der Waals surface area contributed by atoms with Gasteiger partial charge in [0, 0.05) is 41.8 Å². The smallest absolute Gasteiger partial charge is 0.221 e. The van der Waals surface area contributed by atoms with Gasteiger partial charge < -0.3 is 21.0 Å². The molecule has 0 spiro atoms. The van der Waals surface area contributed by atoms with E-state index in [0.717, 1.165) is 46.7 Å². The van der Waals surface area contributed by atoms with Gasteiger partial charge >= 0.3 is 0 Å². The van der Waals surface area contributed by atoms with Crippen LogP contribution in [-0.4, -0.2) is 31.5 Å². The van der Waals surface area contributed by atoms with Gasteiger partial charge in [0.2, 0.25) is 5.95 Å². The van der Waals surface area contributed by atoms with E-state index >= 15 is 0 Å². The summed E-state index contributed by atoms with van der Waals surface area (Å²) < 4.78 is 0. The quantitative estimate of drug-likeness (QED) is 0.333. The number of anilines is 2. The Labute approximate surface area is 180 Å². The molecule has 7 heteroatoms. The molecule has 0 aliphatic rings. The van der Waals surface area contributed by atoms with E-state index in [1.54, 1.807) is 0 Å². The number of fused-ring (bicyclic) bond motifs is 2. The van der Waals surface area contributed by atoms with Crippen LogP contribution >= 0.6 is 0 Å². The normalized spacial score (nSPS) is 11.4. The molecule has 5 N–H and O–H groups in total. The van der Waals surface area contributed by atoms with Gasteiger partial charge in [0.05, 0.1) is 11.0 Å². The number of hydrogen-bond donors (Lipinski definition) is 4. The fourth-order valence-corrected chi connectivity index (χ4v) is 4.03. The summed E-state index contributed by atoms with van der Waals surface area (Å²) >= 11 is 0. The summed E-state index contributed by atoms with van der Waals surface area (Å²) in [6, 6.07) is 12.7. The molecule has 5 aromatic rings. The molecule has 0 aliphatic heterocycles. The zero-order valence-corrected chi connectivity index (χ0v) is 17.7. The number of aromatic nitrogens is 5. The fourth-order valence-electron chi connectivity index (χ4n) is 4.03. The fraction of sp³-hybridized carbons (Fsp3) is 0.208. The highest BCUT2D eigenvalue weighted by molar-refractivity contribution is 5.84.